The van der Waals surface area contributed by atoms with Crippen LogP contribution < -0.4 is 5.32 Å². The summed E-state index contributed by atoms with van der Waals surface area (Å²) >= 11 is 7.43. The number of aliphatic hydroxyl groups excluding tert-OH is 1. The third-order valence-electron chi connectivity index (χ3n) is 2.74. The highest BCUT2D eigenvalue weighted by Crippen LogP contribution is 2.21. The number of thiophene rings is 1. The maximum absolute atomic E-state index is 12.1. The first-order valence-electron chi connectivity index (χ1n) is 6.36. The molecule has 0 unspecified atom stereocenters. The van der Waals surface area contributed by atoms with Gasteiger partial charge in [0.15, 0.2) is 0 Å². The van der Waals surface area contributed by atoms with Crippen LogP contribution in [0.3, 0.4) is 0 Å². The highest BCUT2D eigenvalue weighted by molar-refractivity contribution is 7.10. The van der Waals surface area contributed by atoms with Crippen molar-refractivity contribution in [1.29, 1.82) is 0 Å². The van der Waals surface area contributed by atoms with Crippen molar-refractivity contribution in [3.63, 3.8) is 0 Å². The van der Waals surface area contributed by atoms with E-state index in [9.17, 15) is 4.79 Å². The lowest BCUT2D eigenvalue weighted by Crippen LogP contribution is -2.10. The van der Waals surface area contributed by atoms with E-state index in [1.165, 1.54) is 11.3 Å². The van der Waals surface area contributed by atoms with Gasteiger partial charge in [-0.15, -0.1) is 11.3 Å². The molecule has 1 heterocycles. The summed E-state index contributed by atoms with van der Waals surface area (Å²) in [5.41, 5.74) is 2.19. The molecule has 0 atom stereocenters. The topological polar surface area (TPSA) is 49.3 Å². The molecular weight excluding hydrogens is 306 g/mol. The minimum absolute atomic E-state index is 0.0416. The maximum atomic E-state index is 12.1. The van der Waals surface area contributed by atoms with Crippen LogP contribution in [0.2, 0.25) is 5.02 Å². The van der Waals surface area contributed by atoms with Crippen molar-refractivity contribution in [3.8, 4) is 11.8 Å². The first-order valence-corrected chi connectivity index (χ1v) is 7.61. The molecule has 3 nitrogen and oxygen atoms in total. The Kier molecular flexibility index (Phi) is 5.40. The van der Waals surface area contributed by atoms with Crippen molar-refractivity contribution < 1.29 is 9.90 Å². The molecule has 2 N–H and O–H groups in total. The zero-order valence-corrected chi connectivity index (χ0v) is 13.0. The number of aryl methyl sites for hydroxylation is 1. The van der Waals surface area contributed by atoms with Crippen LogP contribution in [-0.2, 0) is 0 Å². The molecule has 108 valence electrons. The van der Waals surface area contributed by atoms with Crippen LogP contribution in [0.15, 0.2) is 29.6 Å². The summed E-state index contributed by atoms with van der Waals surface area (Å²) in [7, 11) is 0. The molecule has 2 rings (SSSR count). The smallest absolute Gasteiger partial charge is 0.256 e. The third kappa shape index (κ3) is 4.33. The van der Waals surface area contributed by atoms with Crippen molar-refractivity contribution in [3.05, 3.63) is 50.7 Å². The minimum atomic E-state index is -0.193. The Morgan fingerprint density at radius 3 is 2.95 bits per heavy atom. The molecular formula is C16H14ClNO2S. The second kappa shape index (κ2) is 7.28. The highest BCUT2D eigenvalue weighted by atomic mass is 35.5. The third-order valence-corrected chi connectivity index (χ3v) is 3.99. The molecule has 0 aliphatic heterocycles. The molecule has 21 heavy (non-hydrogen) atoms. The molecule has 0 saturated heterocycles. The van der Waals surface area contributed by atoms with Gasteiger partial charge in [0, 0.05) is 22.5 Å². The van der Waals surface area contributed by atoms with Gasteiger partial charge >= 0.3 is 0 Å². The molecule has 0 bridgehead atoms. The predicted octanol–water partition coefficient (Wildman–Crippen LogP) is 3.70. The van der Waals surface area contributed by atoms with E-state index in [4.69, 9.17) is 16.7 Å². The lowest BCUT2D eigenvalue weighted by molar-refractivity contribution is 0.102. The Morgan fingerprint density at radius 2 is 2.24 bits per heavy atom. The van der Waals surface area contributed by atoms with Gasteiger partial charge < -0.3 is 10.4 Å². The number of aliphatic hydroxyl groups is 1. The van der Waals surface area contributed by atoms with Crippen molar-refractivity contribution in [2.24, 2.45) is 0 Å². The summed E-state index contributed by atoms with van der Waals surface area (Å²) in [4.78, 5) is 12.9. The number of rotatable bonds is 3. The van der Waals surface area contributed by atoms with Crippen LogP contribution >= 0.6 is 22.9 Å². The van der Waals surface area contributed by atoms with Gasteiger partial charge in [-0.3, -0.25) is 4.79 Å². The van der Waals surface area contributed by atoms with Gasteiger partial charge in [0.05, 0.1) is 17.0 Å². The summed E-state index contributed by atoms with van der Waals surface area (Å²) in [5.74, 6) is 5.54. The van der Waals surface area contributed by atoms with E-state index in [1.807, 2.05) is 19.1 Å². The number of nitrogens with one attached hydrogen (secondary N) is 1. The number of halogens is 1. The van der Waals surface area contributed by atoms with Crippen LogP contribution in [-0.4, -0.2) is 17.6 Å². The number of carbonyl (C=O) groups is 1. The quantitative estimate of drug-likeness (QED) is 0.848. The molecule has 2 aromatic rings. The molecule has 0 spiro atoms. The average Bonchev–Trinajstić information content (AvgIpc) is 2.92. The fraction of sp³-hybridized carbons (Fsp3) is 0.188. The van der Waals surface area contributed by atoms with Gasteiger partial charge in [-0.25, -0.2) is 0 Å². The van der Waals surface area contributed by atoms with Crippen molar-refractivity contribution >= 4 is 34.5 Å². The summed E-state index contributed by atoms with van der Waals surface area (Å²) in [6.45, 7) is 1.95. The fourth-order valence-corrected chi connectivity index (χ4v) is 2.54. The summed E-state index contributed by atoms with van der Waals surface area (Å²) in [6, 6.07) is 7.13. The Labute approximate surface area is 132 Å². The molecule has 1 amide bonds. The van der Waals surface area contributed by atoms with Crippen molar-refractivity contribution in [1.82, 2.24) is 0 Å². The first kappa shape index (κ1) is 15.6. The molecule has 0 saturated carbocycles. The Hall–Kier alpha value is -1.80. The van der Waals surface area contributed by atoms with Crippen molar-refractivity contribution in [2.75, 3.05) is 11.9 Å². The molecule has 1 aromatic carbocycles. The van der Waals surface area contributed by atoms with E-state index < -0.39 is 0 Å². The van der Waals surface area contributed by atoms with E-state index in [0.29, 0.717) is 22.7 Å². The Balaban J connectivity index is 2.07. The fourth-order valence-electron chi connectivity index (χ4n) is 1.60. The second-order valence-corrected chi connectivity index (χ2v) is 5.71. The van der Waals surface area contributed by atoms with Gasteiger partial charge in [0.1, 0.15) is 0 Å². The molecule has 0 aliphatic carbocycles. The standard InChI is InChI=1S/C16H14ClNO2S/c1-11-5-6-13(9-15(11)17)18-16(20)12-8-14(21-10-12)4-2-3-7-19/h5-6,8-10,19H,3,7H2,1H3,(H,18,20). The number of hydrogen-bond acceptors (Lipinski definition) is 3. The van der Waals surface area contributed by atoms with E-state index >= 15 is 0 Å². The zero-order valence-electron chi connectivity index (χ0n) is 11.4. The molecule has 5 heteroatoms. The SMILES string of the molecule is Cc1ccc(NC(=O)c2csc(C#CCCO)c2)cc1Cl. The number of carbonyl (C=O) groups excluding carboxylic acids is 1. The zero-order chi connectivity index (χ0) is 15.2. The number of amides is 1. The van der Waals surface area contributed by atoms with E-state index in [2.05, 4.69) is 17.2 Å². The van der Waals surface area contributed by atoms with Crippen LogP contribution in [0, 0.1) is 18.8 Å². The molecule has 1 aromatic heterocycles. The van der Waals surface area contributed by atoms with Crippen LogP contribution in [0.4, 0.5) is 5.69 Å². The lowest BCUT2D eigenvalue weighted by atomic mass is 10.2. The molecule has 0 aliphatic rings. The van der Waals surface area contributed by atoms with Gasteiger partial charge in [0.25, 0.3) is 5.91 Å². The van der Waals surface area contributed by atoms with Gasteiger partial charge in [-0.2, -0.15) is 0 Å². The van der Waals surface area contributed by atoms with Crippen LogP contribution in [0.1, 0.15) is 27.2 Å². The predicted molar refractivity (Wildman–Crippen MR) is 87.0 cm³/mol. The van der Waals surface area contributed by atoms with Crippen LogP contribution in [0.25, 0.3) is 0 Å². The summed E-state index contributed by atoms with van der Waals surface area (Å²) < 4.78 is 0. The van der Waals surface area contributed by atoms with E-state index in [1.54, 1.807) is 17.5 Å². The largest absolute Gasteiger partial charge is 0.395 e. The monoisotopic (exact) mass is 319 g/mol. The average molecular weight is 320 g/mol. The highest BCUT2D eigenvalue weighted by Gasteiger charge is 2.09. The number of hydrogen-bond donors (Lipinski definition) is 2. The van der Waals surface area contributed by atoms with Gasteiger partial charge in [0.2, 0.25) is 0 Å². The normalized spacial score (nSPS) is 9.86. The Bertz CT molecular complexity index is 713. The number of benzene rings is 1. The maximum Gasteiger partial charge on any atom is 0.256 e. The second-order valence-electron chi connectivity index (χ2n) is 4.39. The number of anilines is 1. The minimum Gasteiger partial charge on any atom is -0.395 e. The Morgan fingerprint density at radius 1 is 1.43 bits per heavy atom. The summed E-state index contributed by atoms with van der Waals surface area (Å²) in [6.07, 6.45) is 0.432. The van der Waals surface area contributed by atoms with Crippen LogP contribution in [0.5, 0.6) is 0 Å². The van der Waals surface area contributed by atoms with Gasteiger partial charge in [-0.1, -0.05) is 29.5 Å². The van der Waals surface area contributed by atoms with Crippen molar-refractivity contribution in [2.45, 2.75) is 13.3 Å². The lowest BCUT2D eigenvalue weighted by Gasteiger charge is -2.05. The van der Waals surface area contributed by atoms with Gasteiger partial charge in [-0.05, 0) is 30.7 Å². The summed E-state index contributed by atoms with van der Waals surface area (Å²) in [5, 5.41) is 13.8. The van der Waals surface area contributed by atoms with E-state index in [-0.39, 0.29) is 12.5 Å². The molecule has 0 fully saturated rings. The molecule has 0 radical (unpaired) electrons. The van der Waals surface area contributed by atoms with E-state index in [0.717, 1.165) is 10.4 Å². The first-order chi connectivity index (χ1) is 10.1.